The van der Waals surface area contributed by atoms with Gasteiger partial charge < -0.3 is 20.9 Å². The zero-order valence-corrected chi connectivity index (χ0v) is 34.1. The Balaban J connectivity index is 0.000000164. The van der Waals surface area contributed by atoms with Crippen molar-refractivity contribution in [3.8, 4) is 11.3 Å². The number of anilines is 2. The maximum atomic E-state index is 6.07. The summed E-state index contributed by atoms with van der Waals surface area (Å²) >= 11 is 0. The van der Waals surface area contributed by atoms with Gasteiger partial charge in [-0.15, -0.1) is 0 Å². The number of rotatable bonds is 4. The fourth-order valence-electron chi connectivity index (χ4n) is 9.55. The number of aromatic nitrogens is 2. The summed E-state index contributed by atoms with van der Waals surface area (Å²) < 4.78 is 0. The molecule has 0 spiro atoms. The Morgan fingerprint density at radius 1 is 0.660 bits per heavy atom. The van der Waals surface area contributed by atoms with Crippen molar-refractivity contribution >= 4 is 11.6 Å². The molecule has 0 radical (unpaired) electrons. The molecule has 5 aliphatic rings. The summed E-state index contributed by atoms with van der Waals surface area (Å²) in [5, 5.41) is 3.41. The summed E-state index contributed by atoms with van der Waals surface area (Å²) in [6.07, 6.45) is 13.0. The third-order valence-electron chi connectivity index (χ3n) is 13.4. The summed E-state index contributed by atoms with van der Waals surface area (Å²) in [7, 11) is 0. The monoisotopic (exact) mass is 715 g/mol. The highest BCUT2D eigenvalue weighted by Crippen LogP contribution is 2.53. The van der Waals surface area contributed by atoms with Crippen molar-refractivity contribution in [2.24, 2.45) is 16.6 Å². The van der Waals surface area contributed by atoms with Gasteiger partial charge in [0.2, 0.25) is 0 Å². The predicted octanol–water partition coefficient (Wildman–Crippen LogP) is 9.70. The molecule has 1 atom stereocenters. The molecular weight excluding hydrogens is 649 g/mol. The van der Waals surface area contributed by atoms with E-state index in [2.05, 4.69) is 137 Å². The lowest BCUT2D eigenvalue weighted by molar-refractivity contribution is 0.332. The number of pyridine rings is 2. The summed E-state index contributed by atoms with van der Waals surface area (Å²) in [5.41, 5.74) is 16.9. The van der Waals surface area contributed by atoms with Crippen LogP contribution in [0.4, 0.5) is 11.6 Å². The first-order chi connectivity index (χ1) is 25.1. The molecule has 2 aliphatic heterocycles. The van der Waals surface area contributed by atoms with Crippen LogP contribution in [0.5, 0.6) is 0 Å². The predicted molar refractivity (Wildman–Crippen MR) is 224 cm³/mol. The first-order valence-electron chi connectivity index (χ1n) is 20.6. The summed E-state index contributed by atoms with van der Waals surface area (Å²) in [4.78, 5) is 14.9. The highest BCUT2D eigenvalue weighted by Gasteiger charge is 2.39. The van der Waals surface area contributed by atoms with E-state index in [-0.39, 0.29) is 21.7 Å². The molecule has 2 fully saturated rings. The van der Waals surface area contributed by atoms with Crippen LogP contribution in [-0.2, 0) is 10.8 Å². The normalized spacial score (nSPS) is 24.5. The van der Waals surface area contributed by atoms with Crippen LogP contribution < -0.4 is 20.9 Å². The fourth-order valence-corrected chi connectivity index (χ4v) is 9.55. The molecule has 6 heteroatoms. The van der Waals surface area contributed by atoms with Gasteiger partial charge in [0.05, 0.1) is 5.69 Å². The lowest BCUT2D eigenvalue weighted by Crippen LogP contribution is -2.43. The number of nitrogens with zero attached hydrogens (tertiary/aromatic N) is 4. The largest absolute Gasteiger partial charge is 0.356 e. The minimum absolute atomic E-state index is 0.171. The van der Waals surface area contributed by atoms with E-state index in [1.807, 2.05) is 0 Å². The van der Waals surface area contributed by atoms with Crippen molar-refractivity contribution in [3.63, 3.8) is 0 Å². The first-order valence-corrected chi connectivity index (χ1v) is 20.6. The Hall–Kier alpha value is -3.48. The van der Waals surface area contributed by atoms with Crippen molar-refractivity contribution in [2.75, 3.05) is 49.1 Å². The van der Waals surface area contributed by atoms with Gasteiger partial charge in [0, 0.05) is 73.3 Å². The minimum atomic E-state index is 0.171. The van der Waals surface area contributed by atoms with E-state index in [1.54, 1.807) is 11.1 Å². The first kappa shape index (κ1) is 37.8. The Morgan fingerprint density at radius 3 is 1.96 bits per heavy atom. The van der Waals surface area contributed by atoms with Crippen LogP contribution >= 0.6 is 0 Å². The summed E-state index contributed by atoms with van der Waals surface area (Å²) in [6, 6.07) is 20.4. The van der Waals surface area contributed by atoms with Gasteiger partial charge in [0.1, 0.15) is 11.6 Å². The van der Waals surface area contributed by atoms with E-state index in [4.69, 9.17) is 15.7 Å². The van der Waals surface area contributed by atoms with Crippen molar-refractivity contribution in [1.82, 2.24) is 15.3 Å². The number of piperidine rings is 1. The second kappa shape index (κ2) is 14.6. The molecule has 0 saturated carbocycles. The van der Waals surface area contributed by atoms with Gasteiger partial charge in [0.25, 0.3) is 0 Å². The Morgan fingerprint density at radius 2 is 1.26 bits per heavy atom. The average molecular weight is 715 g/mol. The van der Waals surface area contributed by atoms with Gasteiger partial charge >= 0.3 is 0 Å². The summed E-state index contributed by atoms with van der Waals surface area (Å²) in [6.45, 7) is 25.2. The average Bonchev–Trinajstić information content (AvgIpc) is 3.16. The number of benzene rings is 1. The standard InChI is InChI=1S/C24H35N3.C23H31N3/c1-23(2)12-13-24(3,4)20-16-17(8-9-19(20)23)21-6-5-7-22(26-21)27-14-10-18(25)11-15-27;1-22(2)10-11-23(3,4)19-16-17(8-9-18(19)22)20-6-5-7-21(25-20)26-14-12-24-13-15-26/h5-7,12-13,17-18H,8-11,14-16,25H2,1-4H3;5-9,16,24H,10-15H2,1-4H3. The lowest BCUT2D eigenvalue weighted by Gasteiger charge is -2.44. The molecule has 3 aromatic rings. The smallest absolute Gasteiger partial charge is 0.129 e. The second-order valence-electron chi connectivity index (χ2n) is 19.1. The molecule has 8 rings (SSSR count). The molecular formula is C47H66N6. The van der Waals surface area contributed by atoms with Crippen LogP contribution in [0.15, 0.2) is 77.9 Å². The Labute approximate surface area is 320 Å². The number of piperazine rings is 1. The number of allylic oxidation sites excluding steroid dienone is 4. The molecule has 0 bridgehead atoms. The van der Waals surface area contributed by atoms with Crippen LogP contribution in [0.2, 0.25) is 0 Å². The molecule has 3 aliphatic carbocycles. The van der Waals surface area contributed by atoms with Crippen molar-refractivity contribution in [3.05, 3.63) is 94.7 Å². The van der Waals surface area contributed by atoms with Crippen molar-refractivity contribution in [2.45, 2.75) is 123 Å². The van der Waals surface area contributed by atoms with E-state index in [9.17, 15) is 0 Å². The minimum Gasteiger partial charge on any atom is -0.356 e. The van der Waals surface area contributed by atoms with Crippen LogP contribution in [0, 0.1) is 10.8 Å². The van der Waals surface area contributed by atoms with Gasteiger partial charge in [-0.3, -0.25) is 0 Å². The third-order valence-corrected chi connectivity index (χ3v) is 13.4. The van der Waals surface area contributed by atoms with Gasteiger partial charge in [-0.25, -0.2) is 9.97 Å². The van der Waals surface area contributed by atoms with Crippen LogP contribution in [0.3, 0.4) is 0 Å². The number of hydrogen-bond acceptors (Lipinski definition) is 6. The zero-order chi connectivity index (χ0) is 37.6. The third kappa shape index (κ3) is 8.01. The molecule has 6 nitrogen and oxygen atoms in total. The lowest BCUT2D eigenvalue weighted by atomic mass is 9.61. The van der Waals surface area contributed by atoms with Crippen molar-refractivity contribution < 1.29 is 0 Å². The molecule has 0 amide bonds. The zero-order valence-electron chi connectivity index (χ0n) is 34.1. The van der Waals surface area contributed by atoms with Crippen LogP contribution in [0.1, 0.15) is 123 Å². The van der Waals surface area contributed by atoms with E-state index >= 15 is 0 Å². The van der Waals surface area contributed by atoms with Gasteiger partial charge in [-0.2, -0.15) is 0 Å². The molecule has 3 N–H and O–H groups in total. The summed E-state index contributed by atoms with van der Waals surface area (Å²) in [5.74, 6) is 2.78. The molecule has 4 heterocycles. The SMILES string of the molecule is CC1(C)C=CC(C)(C)C2=C1CCC(c1cccc(N3CCC(N)CC3)n1)C2.CC1(C)CCC(C)(C)c2cc(-c3cccc(N4CCNCC4)n3)ccc21. The van der Waals surface area contributed by atoms with Crippen LogP contribution in [0.25, 0.3) is 11.3 Å². The quantitative estimate of drug-likeness (QED) is 0.263. The number of nitrogens with two attached hydrogens (primary N) is 1. The molecule has 1 aromatic carbocycles. The van der Waals surface area contributed by atoms with E-state index in [0.717, 1.165) is 75.9 Å². The van der Waals surface area contributed by atoms with Gasteiger partial charge in [0.15, 0.2) is 0 Å². The Bertz CT molecular complexity index is 1830. The Kier molecular flexibility index (Phi) is 10.4. The molecule has 2 aromatic heterocycles. The second-order valence-corrected chi connectivity index (χ2v) is 19.1. The van der Waals surface area contributed by atoms with E-state index in [0.29, 0.717) is 12.0 Å². The number of hydrogen-bond donors (Lipinski definition) is 2. The van der Waals surface area contributed by atoms with E-state index in [1.165, 1.54) is 48.1 Å². The highest BCUT2D eigenvalue weighted by atomic mass is 15.2. The van der Waals surface area contributed by atoms with E-state index < -0.39 is 0 Å². The number of nitrogens with one attached hydrogen (secondary N) is 1. The van der Waals surface area contributed by atoms with Crippen LogP contribution in [-0.4, -0.2) is 55.3 Å². The maximum absolute atomic E-state index is 6.07. The number of fused-ring (bicyclic) bond motifs is 1. The van der Waals surface area contributed by atoms with Gasteiger partial charge in [-0.1, -0.05) is 103 Å². The highest BCUT2D eigenvalue weighted by molar-refractivity contribution is 5.65. The topological polar surface area (TPSA) is 70.3 Å². The molecule has 284 valence electrons. The molecule has 53 heavy (non-hydrogen) atoms. The van der Waals surface area contributed by atoms with Gasteiger partial charge in [-0.05, 0) is 97.2 Å². The molecule has 1 unspecified atom stereocenters. The van der Waals surface area contributed by atoms with Crippen molar-refractivity contribution in [1.29, 1.82) is 0 Å². The fraction of sp³-hybridized carbons (Fsp3) is 0.574. The maximum Gasteiger partial charge on any atom is 0.129 e. The molecule has 2 saturated heterocycles.